The standard InChI is InChI=1S/C22H23N7O4S/c1-23-10-15(22(30)28-31)11-24-13-16-9-17-19(34-16)21(29-5-7-33-8-6-29)27-20(26-17)14-3-4-18(32-2)25-12-14/h3-4,9-12,31H,1,5-8,13H2,2H3,(H,28,30)/b15-10+,24-11?. The Kier molecular flexibility index (Phi) is 7.52. The Bertz CT molecular complexity index is 1230. The van der Waals surface area contributed by atoms with Crippen LogP contribution in [0.25, 0.3) is 21.6 Å². The second-order valence-electron chi connectivity index (χ2n) is 7.16. The van der Waals surface area contributed by atoms with E-state index in [2.05, 4.69) is 26.6 Å². The van der Waals surface area contributed by atoms with Crippen LogP contribution in [0.3, 0.4) is 0 Å². The smallest absolute Gasteiger partial charge is 0.277 e. The lowest BCUT2D eigenvalue weighted by Crippen LogP contribution is -2.36. The molecule has 0 spiro atoms. The summed E-state index contributed by atoms with van der Waals surface area (Å²) in [5.41, 5.74) is 3.23. The molecule has 0 bridgehead atoms. The minimum atomic E-state index is -0.717. The van der Waals surface area contributed by atoms with Gasteiger partial charge in [-0.15, -0.1) is 11.3 Å². The number of fused-ring (bicyclic) bond motifs is 1. The zero-order valence-electron chi connectivity index (χ0n) is 18.5. The van der Waals surface area contributed by atoms with E-state index in [4.69, 9.17) is 24.6 Å². The van der Waals surface area contributed by atoms with Gasteiger partial charge in [0.2, 0.25) is 5.88 Å². The van der Waals surface area contributed by atoms with Crippen LogP contribution in [0.2, 0.25) is 0 Å². The summed E-state index contributed by atoms with van der Waals surface area (Å²) in [6, 6.07) is 5.61. The molecule has 34 heavy (non-hydrogen) atoms. The van der Waals surface area contributed by atoms with E-state index < -0.39 is 5.91 Å². The summed E-state index contributed by atoms with van der Waals surface area (Å²) < 4.78 is 11.6. The molecule has 1 aliphatic rings. The summed E-state index contributed by atoms with van der Waals surface area (Å²) in [5, 5.41) is 8.84. The van der Waals surface area contributed by atoms with Gasteiger partial charge in [0.15, 0.2) is 11.6 Å². The van der Waals surface area contributed by atoms with Crippen LogP contribution in [0.1, 0.15) is 4.88 Å². The number of pyridine rings is 1. The Balaban J connectivity index is 1.69. The third-order valence-corrected chi connectivity index (χ3v) is 6.10. The lowest BCUT2D eigenvalue weighted by Gasteiger charge is -2.28. The van der Waals surface area contributed by atoms with E-state index in [0.717, 1.165) is 39.6 Å². The van der Waals surface area contributed by atoms with Gasteiger partial charge >= 0.3 is 0 Å². The second-order valence-corrected chi connectivity index (χ2v) is 8.30. The molecule has 4 heterocycles. The van der Waals surface area contributed by atoms with Crippen LogP contribution in [-0.4, -0.2) is 72.4 Å². The van der Waals surface area contributed by atoms with Crippen LogP contribution >= 0.6 is 11.3 Å². The average Bonchev–Trinajstić information content (AvgIpc) is 3.30. The van der Waals surface area contributed by atoms with E-state index in [9.17, 15) is 4.79 Å². The Hall–Kier alpha value is -3.74. The van der Waals surface area contributed by atoms with Crippen molar-refractivity contribution in [2.75, 3.05) is 38.3 Å². The molecule has 1 saturated heterocycles. The minimum Gasteiger partial charge on any atom is -0.481 e. The first-order valence-electron chi connectivity index (χ1n) is 10.4. The molecule has 0 atom stereocenters. The summed E-state index contributed by atoms with van der Waals surface area (Å²) >= 11 is 1.54. The number of morpholine rings is 1. The number of amides is 1. The van der Waals surface area contributed by atoms with Crippen LogP contribution in [-0.2, 0) is 16.1 Å². The van der Waals surface area contributed by atoms with Gasteiger partial charge in [0.1, 0.15) is 0 Å². The van der Waals surface area contributed by atoms with E-state index in [1.54, 1.807) is 36.2 Å². The highest BCUT2D eigenvalue weighted by Crippen LogP contribution is 2.34. The highest BCUT2D eigenvalue weighted by molar-refractivity contribution is 7.19. The fourth-order valence-corrected chi connectivity index (χ4v) is 4.39. The molecule has 12 heteroatoms. The maximum absolute atomic E-state index is 11.7. The van der Waals surface area contributed by atoms with E-state index in [1.807, 2.05) is 12.1 Å². The number of nitrogens with zero attached hydrogens (tertiary/aromatic N) is 6. The predicted octanol–water partition coefficient (Wildman–Crippen LogP) is 2.26. The van der Waals surface area contributed by atoms with E-state index in [-0.39, 0.29) is 5.57 Å². The third-order valence-electron chi connectivity index (χ3n) is 4.99. The highest BCUT2D eigenvalue weighted by atomic mass is 32.1. The Labute approximate surface area is 199 Å². The molecule has 1 aliphatic heterocycles. The molecule has 2 N–H and O–H groups in total. The summed E-state index contributed by atoms with van der Waals surface area (Å²) in [7, 11) is 1.57. The van der Waals surface area contributed by atoms with Crippen molar-refractivity contribution < 1.29 is 19.5 Å². The maximum Gasteiger partial charge on any atom is 0.277 e. The molecule has 11 nitrogen and oxygen atoms in total. The van der Waals surface area contributed by atoms with E-state index in [1.165, 1.54) is 12.4 Å². The summed E-state index contributed by atoms with van der Waals surface area (Å²) in [5.74, 6) is 1.21. The van der Waals surface area contributed by atoms with Gasteiger partial charge in [0.05, 0.1) is 42.7 Å². The lowest BCUT2D eigenvalue weighted by atomic mass is 10.2. The van der Waals surface area contributed by atoms with Gasteiger partial charge in [-0.3, -0.25) is 20.0 Å². The van der Waals surface area contributed by atoms with Gasteiger partial charge in [-0.1, -0.05) is 0 Å². The molecule has 0 saturated carbocycles. The van der Waals surface area contributed by atoms with Gasteiger partial charge in [-0.2, -0.15) is 0 Å². The number of carbonyl (C=O) groups is 1. The number of nitrogens with one attached hydrogen (secondary N) is 1. The molecule has 176 valence electrons. The average molecular weight is 482 g/mol. The highest BCUT2D eigenvalue weighted by Gasteiger charge is 2.20. The minimum absolute atomic E-state index is 0.0849. The number of anilines is 1. The second kappa shape index (κ2) is 10.9. The Morgan fingerprint density at radius 3 is 2.88 bits per heavy atom. The maximum atomic E-state index is 11.7. The molecule has 1 amide bonds. The van der Waals surface area contributed by atoms with Gasteiger partial charge in [0, 0.05) is 48.2 Å². The van der Waals surface area contributed by atoms with E-state index >= 15 is 0 Å². The van der Waals surface area contributed by atoms with E-state index in [0.29, 0.717) is 31.5 Å². The third kappa shape index (κ3) is 5.25. The molecule has 3 aromatic rings. The van der Waals surface area contributed by atoms with Crippen LogP contribution in [0.4, 0.5) is 5.82 Å². The van der Waals surface area contributed by atoms with Crippen molar-refractivity contribution in [2.24, 2.45) is 9.98 Å². The van der Waals surface area contributed by atoms with Crippen molar-refractivity contribution in [2.45, 2.75) is 6.54 Å². The van der Waals surface area contributed by atoms with Gasteiger partial charge in [0.25, 0.3) is 5.91 Å². The van der Waals surface area contributed by atoms with Crippen molar-refractivity contribution in [3.63, 3.8) is 0 Å². The SMILES string of the molecule is C=N/C=C(\C=NCc1cc2nc(-c3ccc(OC)nc3)nc(N3CCOCC3)c2s1)C(=O)NO. The Morgan fingerprint density at radius 1 is 1.38 bits per heavy atom. The molecule has 1 fully saturated rings. The number of aliphatic imine (C=N–C) groups is 2. The van der Waals surface area contributed by atoms with Crippen molar-refractivity contribution >= 4 is 46.2 Å². The molecule has 0 aliphatic carbocycles. The topological polar surface area (TPSA) is 134 Å². The molecule has 0 unspecified atom stereocenters. The van der Waals surface area contributed by atoms with Crippen molar-refractivity contribution in [1.29, 1.82) is 0 Å². The number of hydrogen-bond acceptors (Lipinski definition) is 11. The number of methoxy groups -OCH3 is 1. The largest absolute Gasteiger partial charge is 0.481 e. The van der Waals surface area contributed by atoms with Crippen molar-refractivity contribution in [3.8, 4) is 17.3 Å². The number of thiophene rings is 1. The number of aromatic nitrogens is 3. The van der Waals surface area contributed by atoms with Crippen LogP contribution in [0.15, 0.2) is 46.2 Å². The molecular weight excluding hydrogens is 458 g/mol. The molecule has 0 radical (unpaired) electrons. The molecule has 3 aromatic heterocycles. The first-order chi connectivity index (χ1) is 16.6. The van der Waals surface area contributed by atoms with Crippen molar-refractivity contribution in [3.05, 3.63) is 41.0 Å². The fourth-order valence-electron chi connectivity index (χ4n) is 3.34. The normalized spacial score (nSPS) is 14.5. The predicted molar refractivity (Wildman–Crippen MR) is 130 cm³/mol. The van der Waals surface area contributed by atoms with Crippen LogP contribution in [0.5, 0.6) is 5.88 Å². The number of carbonyl (C=O) groups excluding carboxylic acids is 1. The summed E-state index contributed by atoms with van der Waals surface area (Å²) in [6.07, 6.45) is 4.25. The number of rotatable bonds is 8. The first kappa shape index (κ1) is 23.4. The number of hydroxylamine groups is 1. The monoisotopic (exact) mass is 481 g/mol. The fraction of sp³-hybridized carbons (Fsp3) is 0.273. The molecule has 0 aromatic carbocycles. The first-order valence-corrected chi connectivity index (χ1v) is 11.2. The number of hydrogen-bond donors (Lipinski definition) is 2. The zero-order valence-corrected chi connectivity index (χ0v) is 19.3. The van der Waals surface area contributed by atoms with Gasteiger partial charge in [-0.25, -0.2) is 20.4 Å². The summed E-state index contributed by atoms with van der Waals surface area (Å²) in [4.78, 5) is 36.6. The quantitative estimate of drug-likeness (QED) is 0.217. The zero-order chi connectivity index (χ0) is 23.9. The van der Waals surface area contributed by atoms with Crippen molar-refractivity contribution in [1.82, 2.24) is 20.4 Å². The molecular formula is C22H23N7O4S. The molecule has 4 rings (SSSR count). The van der Waals surface area contributed by atoms with Crippen LogP contribution < -0.4 is 15.1 Å². The summed E-state index contributed by atoms with van der Waals surface area (Å²) in [6.45, 7) is 6.37. The van der Waals surface area contributed by atoms with Gasteiger partial charge < -0.3 is 14.4 Å². The number of ether oxygens (including phenoxy) is 2. The lowest BCUT2D eigenvalue weighted by molar-refractivity contribution is -0.124. The Morgan fingerprint density at radius 2 is 2.21 bits per heavy atom. The van der Waals surface area contributed by atoms with Crippen LogP contribution in [0, 0.1) is 0 Å². The van der Waals surface area contributed by atoms with Gasteiger partial charge in [-0.05, 0) is 18.9 Å².